The fourth-order valence-electron chi connectivity index (χ4n) is 2.68. The Hall–Kier alpha value is -2.03. The molecule has 1 atom stereocenters. The maximum atomic E-state index is 12.5. The third-order valence-electron chi connectivity index (χ3n) is 4.37. The molecule has 25 heavy (non-hydrogen) atoms. The van der Waals surface area contributed by atoms with Crippen LogP contribution in [0.15, 0.2) is 18.3 Å². The highest BCUT2D eigenvalue weighted by Crippen LogP contribution is 2.08. The summed E-state index contributed by atoms with van der Waals surface area (Å²) in [5.41, 5.74) is 0.664. The normalized spacial score (nSPS) is 16.5. The molecule has 1 aromatic heterocycles. The Balaban J connectivity index is 1.93. The number of amides is 2. The van der Waals surface area contributed by atoms with Crippen molar-refractivity contribution in [1.82, 2.24) is 20.1 Å². The average molecular weight is 350 g/mol. The highest BCUT2D eigenvalue weighted by molar-refractivity contribution is 5.96. The minimum atomic E-state index is -0.315. The minimum absolute atomic E-state index is 0.117. The van der Waals surface area contributed by atoms with E-state index in [1.54, 1.807) is 17.0 Å². The summed E-state index contributed by atoms with van der Waals surface area (Å²) in [5.74, 6) is -0.470. The molecule has 1 saturated heterocycles. The molecule has 1 aliphatic heterocycles. The van der Waals surface area contributed by atoms with Crippen LogP contribution in [0.4, 0.5) is 0 Å². The van der Waals surface area contributed by atoms with Gasteiger partial charge in [-0.25, -0.2) is 0 Å². The van der Waals surface area contributed by atoms with Crippen molar-refractivity contribution in [3.8, 4) is 0 Å². The van der Waals surface area contributed by atoms with E-state index in [0.717, 1.165) is 13.1 Å². The van der Waals surface area contributed by atoms with E-state index < -0.39 is 0 Å². The number of β-amino-alcohol motifs (C(OH)–C–C–N with tert-alkyl or cyclic N) is 1. The topological polar surface area (TPSA) is 106 Å². The molecule has 2 rings (SSSR count). The summed E-state index contributed by atoms with van der Waals surface area (Å²) in [6, 6.07) is 2.84. The van der Waals surface area contributed by atoms with E-state index in [0.29, 0.717) is 37.3 Å². The second kappa shape index (κ2) is 9.45. The smallest absolute Gasteiger partial charge is 0.272 e. The van der Waals surface area contributed by atoms with Crippen LogP contribution in [-0.4, -0.2) is 88.8 Å². The molecule has 0 saturated carbocycles. The van der Waals surface area contributed by atoms with Crippen LogP contribution in [-0.2, 0) is 0 Å². The molecule has 2 amide bonds. The van der Waals surface area contributed by atoms with E-state index in [2.05, 4.69) is 15.2 Å². The lowest BCUT2D eigenvalue weighted by Gasteiger charge is -2.34. The van der Waals surface area contributed by atoms with Crippen LogP contribution in [0.25, 0.3) is 0 Å². The van der Waals surface area contributed by atoms with Gasteiger partial charge in [0.25, 0.3) is 11.8 Å². The summed E-state index contributed by atoms with van der Waals surface area (Å²) in [5, 5.41) is 20.8. The summed E-state index contributed by atoms with van der Waals surface area (Å²) >= 11 is 0. The fraction of sp³-hybridized carbons (Fsp3) is 0.588. The first kappa shape index (κ1) is 19.3. The number of piperazine rings is 1. The molecule has 1 aliphatic rings. The van der Waals surface area contributed by atoms with Crippen LogP contribution in [0.3, 0.4) is 0 Å². The predicted octanol–water partition coefficient (Wildman–Crippen LogP) is -0.668. The van der Waals surface area contributed by atoms with Crippen LogP contribution >= 0.6 is 0 Å². The number of hydrogen-bond donors (Lipinski definition) is 3. The Morgan fingerprint density at radius 2 is 1.96 bits per heavy atom. The van der Waals surface area contributed by atoms with Crippen molar-refractivity contribution in [2.24, 2.45) is 0 Å². The third-order valence-corrected chi connectivity index (χ3v) is 4.37. The van der Waals surface area contributed by atoms with Crippen molar-refractivity contribution in [2.75, 3.05) is 45.9 Å². The van der Waals surface area contributed by atoms with E-state index in [-0.39, 0.29) is 31.1 Å². The van der Waals surface area contributed by atoms with E-state index in [1.807, 2.05) is 6.92 Å². The monoisotopic (exact) mass is 350 g/mol. The fourth-order valence-corrected chi connectivity index (χ4v) is 2.68. The Morgan fingerprint density at radius 3 is 2.48 bits per heavy atom. The van der Waals surface area contributed by atoms with Gasteiger partial charge in [0.2, 0.25) is 0 Å². The first-order valence-electron chi connectivity index (χ1n) is 8.59. The Morgan fingerprint density at radius 1 is 1.24 bits per heavy atom. The molecule has 0 unspecified atom stereocenters. The van der Waals surface area contributed by atoms with Crippen LogP contribution in [0.1, 0.15) is 34.2 Å². The SMILES string of the molecule is CC[C@H](CO)NC(=O)c1ccc(C(=O)N2CCN(CCO)CC2)nc1. The van der Waals surface area contributed by atoms with E-state index in [9.17, 15) is 9.59 Å². The van der Waals surface area contributed by atoms with Crippen molar-refractivity contribution in [2.45, 2.75) is 19.4 Å². The van der Waals surface area contributed by atoms with Gasteiger partial charge in [-0.2, -0.15) is 0 Å². The number of hydrogen-bond acceptors (Lipinski definition) is 6. The van der Waals surface area contributed by atoms with Gasteiger partial charge in [0.05, 0.1) is 24.8 Å². The number of carbonyl (C=O) groups excluding carboxylic acids is 2. The van der Waals surface area contributed by atoms with Crippen LogP contribution in [0.5, 0.6) is 0 Å². The molecule has 2 heterocycles. The van der Waals surface area contributed by atoms with Gasteiger partial charge in [-0.15, -0.1) is 0 Å². The molecule has 3 N–H and O–H groups in total. The minimum Gasteiger partial charge on any atom is -0.395 e. The molecule has 0 spiro atoms. The number of aliphatic hydroxyl groups is 2. The Labute approximate surface area is 147 Å². The molecule has 138 valence electrons. The molecule has 0 radical (unpaired) electrons. The van der Waals surface area contributed by atoms with Gasteiger partial charge in [-0.05, 0) is 18.6 Å². The van der Waals surface area contributed by atoms with Crippen molar-refractivity contribution >= 4 is 11.8 Å². The van der Waals surface area contributed by atoms with Crippen molar-refractivity contribution in [3.63, 3.8) is 0 Å². The lowest BCUT2D eigenvalue weighted by molar-refractivity contribution is 0.0609. The highest BCUT2D eigenvalue weighted by atomic mass is 16.3. The first-order chi connectivity index (χ1) is 12.1. The van der Waals surface area contributed by atoms with Crippen LogP contribution in [0, 0.1) is 0 Å². The zero-order chi connectivity index (χ0) is 18.2. The lowest BCUT2D eigenvalue weighted by atomic mass is 10.2. The summed E-state index contributed by atoms with van der Waals surface area (Å²) < 4.78 is 0. The zero-order valence-corrected chi connectivity index (χ0v) is 14.5. The number of pyridine rings is 1. The van der Waals surface area contributed by atoms with Crippen LogP contribution < -0.4 is 5.32 Å². The number of aliphatic hydroxyl groups excluding tert-OH is 2. The Bertz CT molecular complexity index is 567. The largest absolute Gasteiger partial charge is 0.395 e. The van der Waals surface area contributed by atoms with Crippen molar-refractivity contribution in [3.05, 3.63) is 29.6 Å². The second-order valence-electron chi connectivity index (χ2n) is 6.05. The number of carbonyl (C=O) groups is 2. The number of rotatable bonds is 7. The van der Waals surface area contributed by atoms with Gasteiger partial charge in [-0.1, -0.05) is 6.92 Å². The standard InChI is InChI=1S/C17H26N4O4/c1-2-14(12-23)19-16(24)13-3-4-15(18-11-13)17(25)21-7-5-20(6-8-21)9-10-22/h3-4,11,14,22-23H,2,5-10,12H2,1H3,(H,19,24)/t14-/m1/s1. The second-order valence-corrected chi connectivity index (χ2v) is 6.05. The van der Waals surface area contributed by atoms with E-state index >= 15 is 0 Å². The van der Waals surface area contributed by atoms with Crippen molar-refractivity contribution < 1.29 is 19.8 Å². The van der Waals surface area contributed by atoms with Crippen LogP contribution in [0.2, 0.25) is 0 Å². The zero-order valence-electron chi connectivity index (χ0n) is 14.5. The summed E-state index contributed by atoms with van der Waals surface area (Å²) in [6.45, 7) is 5.15. The quantitative estimate of drug-likeness (QED) is 0.602. The summed E-state index contributed by atoms with van der Waals surface area (Å²) in [4.78, 5) is 32.5. The number of nitrogens with one attached hydrogen (secondary N) is 1. The lowest BCUT2D eigenvalue weighted by Crippen LogP contribution is -2.49. The maximum absolute atomic E-state index is 12.5. The predicted molar refractivity (Wildman–Crippen MR) is 92.3 cm³/mol. The number of aromatic nitrogens is 1. The van der Waals surface area contributed by atoms with Crippen molar-refractivity contribution in [1.29, 1.82) is 0 Å². The summed E-state index contributed by atoms with van der Waals surface area (Å²) in [6.07, 6.45) is 2.02. The molecule has 1 aromatic rings. The molecule has 0 bridgehead atoms. The van der Waals surface area contributed by atoms with E-state index in [4.69, 9.17) is 10.2 Å². The molecule has 1 fully saturated rings. The van der Waals surface area contributed by atoms with Gasteiger partial charge in [0, 0.05) is 38.9 Å². The maximum Gasteiger partial charge on any atom is 0.272 e. The van der Waals surface area contributed by atoms with Gasteiger partial charge < -0.3 is 20.4 Å². The Kier molecular flexibility index (Phi) is 7.30. The van der Waals surface area contributed by atoms with Gasteiger partial charge in [0.15, 0.2) is 0 Å². The first-order valence-corrected chi connectivity index (χ1v) is 8.59. The molecule has 8 heteroatoms. The molecular weight excluding hydrogens is 324 g/mol. The highest BCUT2D eigenvalue weighted by Gasteiger charge is 2.23. The van der Waals surface area contributed by atoms with Gasteiger partial charge in [0.1, 0.15) is 5.69 Å². The van der Waals surface area contributed by atoms with E-state index in [1.165, 1.54) is 6.20 Å². The van der Waals surface area contributed by atoms with Gasteiger partial charge in [-0.3, -0.25) is 19.5 Å². The summed E-state index contributed by atoms with van der Waals surface area (Å²) in [7, 11) is 0. The molecular formula is C17H26N4O4. The average Bonchev–Trinajstić information content (AvgIpc) is 2.66. The molecule has 0 aliphatic carbocycles. The number of nitrogens with zero attached hydrogens (tertiary/aromatic N) is 3. The third kappa shape index (κ3) is 5.22. The molecule has 0 aromatic carbocycles. The van der Waals surface area contributed by atoms with Gasteiger partial charge >= 0.3 is 0 Å². The molecule has 8 nitrogen and oxygen atoms in total.